The molecule has 2 nitrogen and oxygen atoms in total. The Kier molecular flexibility index (Phi) is 3.67. The minimum Gasteiger partial charge on any atom is -0.314 e. The van der Waals surface area contributed by atoms with Gasteiger partial charge in [-0.3, -0.25) is 4.90 Å². The van der Waals surface area contributed by atoms with Crippen LogP contribution in [0, 0.1) is 5.92 Å². The minimum atomic E-state index is 0.809. The topological polar surface area (TPSA) is 15.3 Å². The number of aryl methyl sites for hydroxylation is 1. The Balaban J connectivity index is 1.58. The summed E-state index contributed by atoms with van der Waals surface area (Å²) in [4.78, 5) is 2.63. The Hall–Kier alpha value is -0.860. The summed E-state index contributed by atoms with van der Waals surface area (Å²) in [6.45, 7) is 7.12. The lowest BCUT2D eigenvalue weighted by Gasteiger charge is -2.34. The normalized spacial score (nSPS) is 28.3. The molecule has 0 bridgehead atoms. The Bertz CT molecular complexity index is 385. The average Bonchev–Trinajstić information content (AvgIpc) is 2.87. The van der Waals surface area contributed by atoms with Gasteiger partial charge in [-0.15, -0.1) is 0 Å². The highest BCUT2D eigenvalue weighted by atomic mass is 15.2. The fraction of sp³-hybridized carbons (Fsp3) is 0.625. The van der Waals surface area contributed by atoms with Crippen molar-refractivity contribution >= 4 is 0 Å². The van der Waals surface area contributed by atoms with E-state index in [1.54, 1.807) is 0 Å². The Morgan fingerprint density at radius 3 is 2.72 bits per heavy atom. The number of hydrogen-bond donors (Lipinski definition) is 1. The number of hydrogen-bond acceptors (Lipinski definition) is 2. The first-order valence-corrected chi connectivity index (χ1v) is 7.38. The lowest BCUT2D eigenvalue weighted by atomic mass is 9.93. The van der Waals surface area contributed by atoms with E-state index in [4.69, 9.17) is 0 Å². The summed E-state index contributed by atoms with van der Waals surface area (Å²) in [7, 11) is 0. The molecule has 3 rings (SSSR count). The van der Waals surface area contributed by atoms with Crippen molar-refractivity contribution in [3.05, 3.63) is 35.4 Å². The molecule has 0 aromatic heterocycles. The second-order valence-electron chi connectivity index (χ2n) is 5.80. The Morgan fingerprint density at radius 1 is 1.17 bits per heavy atom. The minimum absolute atomic E-state index is 0.809. The molecule has 1 aromatic carbocycles. The van der Waals surface area contributed by atoms with Gasteiger partial charge in [0.1, 0.15) is 0 Å². The van der Waals surface area contributed by atoms with Gasteiger partial charge in [0, 0.05) is 19.1 Å². The van der Waals surface area contributed by atoms with Crippen molar-refractivity contribution in [2.45, 2.75) is 38.8 Å². The third-order valence-electron chi connectivity index (χ3n) is 4.58. The predicted octanol–water partition coefficient (Wildman–Crippen LogP) is 2.43. The second-order valence-corrected chi connectivity index (χ2v) is 5.80. The lowest BCUT2D eigenvalue weighted by molar-refractivity contribution is 0.156. The van der Waals surface area contributed by atoms with Gasteiger partial charge < -0.3 is 5.32 Å². The molecule has 1 aromatic rings. The molecule has 2 unspecified atom stereocenters. The van der Waals surface area contributed by atoms with Crippen LogP contribution in [0.5, 0.6) is 0 Å². The molecule has 2 saturated heterocycles. The van der Waals surface area contributed by atoms with Gasteiger partial charge in [-0.1, -0.05) is 31.2 Å². The van der Waals surface area contributed by atoms with Crippen molar-refractivity contribution in [3.63, 3.8) is 0 Å². The smallest absolute Gasteiger partial charge is 0.0233 e. The average molecular weight is 244 g/mol. The van der Waals surface area contributed by atoms with Crippen molar-refractivity contribution in [2.75, 3.05) is 19.6 Å². The van der Waals surface area contributed by atoms with E-state index in [1.165, 1.54) is 43.6 Å². The van der Waals surface area contributed by atoms with E-state index >= 15 is 0 Å². The quantitative estimate of drug-likeness (QED) is 0.878. The molecule has 0 aliphatic carbocycles. The molecule has 1 N–H and O–H groups in total. The van der Waals surface area contributed by atoms with E-state index in [1.807, 2.05) is 0 Å². The van der Waals surface area contributed by atoms with Gasteiger partial charge in [0.25, 0.3) is 0 Å². The van der Waals surface area contributed by atoms with E-state index in [2.05, 4.69) is 41.4 Å². The van der Waals surface area contributed by atoms with Gasteiger partial charge in [-0.05, 0) is 49.4 Å². The number of nitrogens with zero attached hydrogens (tertiary/aromatic N) is 1. The van der Waals surface area contributed by atoms with Crippen LogP contribution in [0.3, 0.4) is 0 Å². The molecule has 0 saturated carbocycles. The Labute approximate surface area is 110 Å². The molecule has 2 aliphatic heterocycles. The highest BCUT2D eigenvalue weighted by Crippen LogP contribution is 2.25. The van der Waals surface area contributed by atoms with Gasteiger partial charge in [0.05, 0.1) is 0 Å². The first-order chi connectivity index (χ1) is 8.85. The van der Waals surface area contributed by atoms with Crippen LogP contribution in [0.15, 0.2) is 24.3 Å². The van der Waals surface area contributed by atoms with Crippen LogP contribution in [0.1, 0.15) is 30.9 Å². The van der Waals surface area contributed by atoms with Crippen molar-refractivity contribution in [2.24, 2.45) is 5.92 Å². The van der Waals surface area contributed by atoms with Crippen LogP contribution < -0.4 is 5.32 Å². The maximum absolute atomic E-state index is 3.63. The van der Waals surface area contributed by atoms with Crippen molar-refractivity contribution in [3.8, 4) is 0 Å². The van der Waals surface area contributed by atoms with Crippen molar-refractivity contribution in [1.29, 1.82) is 0 Å². The summed E-state index contributed by atoms with van der Waals surface area (Å²) in [5.74, 6) is 0.897. The molecule has 0 radical (unpaired) electrons. The molecule has 18 heavy (non-hydrogen) atoms. The third kappa shape index (κ3) is 2.60. The molecule has 2 aliphatic rings. The van der Waals surface area contributed by atoms with Gasteiger partial charge in [-0.2, -0.15) is 0 Å². The molecule has 2 atom stereocenters. The highest BCUT2D eigenvalue weighted by molar-refractivity contribution is 5.22. The summed E-state index contributed by atoms with van der Waals surface area (Å²) in [6, 6.07) is 9.97. The van der Waals surface area contributed by atoms with Crippen LogP contribution in [-0.4, -0.2) is 30.6 Å². The summed E-state index contributed by atoms with van der Waals surface area (Å²) >= 11 is 0. The molecule has 2 fully saturated rings. The molecule has 2 heteroatoms. The standard InChI is InChI=1S/C16H24N2/c1-2-13-3-5-14(6-4-13)11-18-10-8-16-15(12-18)7-9-17-16/h3-6,15-17H,2,7-12H2,1H3. The fourth-order valence-electron chi connectivity index (χ4n) is 3.41. The van der Waals surface area contributed by atoms with Gasteiger partial charge in [-0.25, -0.2) is 0 Å². The summed E-state index contributed by atoms with van der Waals surface area (Å²) in [6.07, 6.45) is 3.84. The number of likely N-dealkylation sites (tertiary alicyclic amines) is 1. The molecule has 0 amide bonds. The number of rotatable bonds is 3. The molecule has 2 heterocycles. The first-order valence-electron chi connectivity index (χ1n) is 7.38. The first kappa shape index (κ1) is 12.2. The summed E-state index contributed by atoms with van der Waals surface area (Å²) < 4.78 is 0. The molecule has 98 valence electrons. The summed E-state index contributed by atoms with van der Waals surface area (Å²) in [5, 5.41) is 3.63. The van der Waals surface area contributed by atoms with Crippen LogP contribution in [0.4, 0.5) is 0 Å². The number of nitrogens with one attached hydrogen (secondary N) is 1. The monoisotopic (exact) mass is 244 g/mol. The van der Waals surface area contributed by atoms with Crippen LogP contribution in [0.25, 0.3) is 0 Å². The van der Waals surface area contributed by atoms with Gasteiger partial charge >= 0.3 is 0 Å². The van der Waals surface area contributed by atoms with E-state index in [0.29, 0.717) is 0 Å². The zero-order chi connectivity index (χ0) is 12.4. The zero-order valence-electron chi connectivity index (χ0n) is 11.4. The van der Waals surface area contributed by atoms with Crippen LogP contribution >= 0.6 is 0 Å². The fourth-order valence-corrected chi connectivity index (χ4v) is 3.41. The van der Waals surface area contributed by atoms with E-state index in [9.17, 15) is 0 Å². The van der Waals surface area contributed by atoms with Gasteiger partial charge in [0.15, 0.2) is 0 Å². The Morgan fingerprint density at radius 2 is 1.94 bits per heavy atom. The van der Waals surface area contributed by atoms with Crippen molar-refractivity contribution < 1.29 is 0 Å². The SMILES string of the molecule is CCc1ccc(CN2CCC3NCCC3C2)cc1. The summed E-state index contributed by atoms with van der Waals surface area (Å²) in [5.41, 5.74) is 2.91. The highest BCUT2D eigenvalue weighted by Gasteiger charge is 2.32. The second kappa shape index (κ2) is 5.41. The maximum Gasteiger partial charge on any atom is 0.0233 e. The number of benzene rings is 1. The zero-order valence-corrected chi connectivity index (χ0v) is 11.4. The molecule has 0 spiro atoms. The lowest BCUT2D eigenvalue weighted by Crippen LogP contribution is -2.43. The predicted molar refractivity (Wildman–Crippen MR) is 75.6 cm³/mol. The number of fused-ring (bicyclic) bond motifs is 1. The molecular formula is C16H24N2. The molecular weight excluding hydrogens is 220 g/mol. The van der Waals surface area contributed by atoms with Crippen molar-refractivity contribution in [1.82, 2.24) is 10.2 Å². The van der Waals surface area contributed by atoms with E-state index < -0.39 is 0 Å². The van der Waals surface area contributed by atoms with E-state index in [-0.39, 0.29) is 0 Å². The van der Waals surface area contributed by atoms with E-state index in [0.717, 1.165) is 24.9 Å². The van der Waals surface area contributed by atoms with Gasteiger partial charge in [0.2, 0.25) is 0 Å². The largest absolute Gasteiger partial charge is 0.314 e. The number of piperidine rings is 1. The van der Waals surface area contributed by atoms with Crippen LogP contribution in [-0.2, 0) is 13.0 Å². The maximum atomic E-state index is 3.63. The third-order valence-corrected chi connectivity index (χ3v) is 4.58. The van der Waals surface area contributed by atoms with Crippen LogP contribution in [0.2, 0.25) is 0 Å².